The average Bonchev–Trinajstić information content (AvgIpc) is 3.14. The van der Waals surface area contributed by atoms with Crippen molar-refractivity contribution in [3.05, 3.63) is 88.5 Å². The summed E-state index contributed by atoms with van der Waals surface area (Å²) in [5.74, 6) is 0. The van der Waals surface area contributed by atoms with Crippen molar-refractivity contribution < 1.29 is 20.4 Å². The number of halogens is 2. The third kappa shape index (κ3) is 3.56. The molecule has 4 rings (SSSR count). The standard InChI is InChI=1S/C20H15.2ClH.Ti/c1-2-6-15(7-3-1)18-10-11-19(12-18)20-13-16-8-4-5-9-17(16)14-20;;;/h1-6,8-11,13H,12,14H2;2*1H;. The zero-order valence-electron chi connectivity index (χ0n) is 12.6. The first-order valence-corrected chi connectivity index (χ1v) is 8.09. The van der Waals surface area contributed by atoms with E-state index >= 15 is 0 Å². The molecule has 115 valence electrons. The second kappa shape index (κ2) is 7.68. The van der Waals surface area contributed by atoms with E-state index in [4.69, 9.17) is 0 Å². The van der Waals surface area contributed by atoms with Crippen LogP contribution in [0.4, 0.5) is 0 Å². The van der Waals surface area contributed by atoms with Crippen LogP contribution in [0.5, 0.6) is 0 Å². The molecule has 3 heteroatoms. The number of fused-ring (bicyclic) bond motifs is 1. The first kappa shape index (κ1) is 18.3. The van der Waals surface area contributed by atoms with Gasteiger partial charge in [0.1, 0.15) is 0 Å². The van der Waals surface area contributed by atoms with Crippen molar-refractivity contribution in [1.82, 2.24) is 0 Å². The van der Waals surface area contributed by atoms with Crippen LogP contribution in [0.15, 0.2) is 71.8 Å². The Labute approximate surface area is 161 Å². The summed E-state index contributed by atoms with van der Waals surface area (Å²) < 4.78 is 1.36. The van der Waals surface area contributed by atoms with E-state index in [1.807, 2.05) is 0 Å². The minimum atomic E-state index is 0. The number of benzene rings is 2. The maximum absolute atomic E-state index is 2.36. The van der Waals surface area contributed by atoms with Crippen molar-refractivity contribution >= 4 is 40.3 Å². The summed E-state index contributed by atoms with van der Waals surface area (Å²) in [6.07, 6.45) is 9.10. The summed E-state index contributed by atoms with van der Waals surface area (Å²) in [5.41, 5.74) is 8.63. The molecular weight excluding hydrogens is 359 g/mol. The molecule has 0 saturated carbocycles. The van der Waals surface area contributed by atoms with Crippen molar-refractivity contribution in [3.63, 3.8) is 0 Å². The Hall–Kier alpha value is -1.05. The topological polar surface area (TPSA) is 0 Å². The molecule has 0 amide bonds. The fraction of sp³-hybridized carbons (Fsp3) is 0.100. The van der Waals surface area contributed by atoms with Crippen molar-refractivity contribution in [3.8, 4) is 0 Å². The molecule has 0 fully saturated rings. The Morgan fingerprint density at radius 1 is 0.696 bits per heavy atom. The van der Waals surface area contributed by atoms with E-state index in [0.29, 0.717) is 0 Å². The Morgan fingerprint density at radius 2 is 1.39 bits per heavy atom. The molecule has 0 aromatic heterocycles. The molecule has 0 atom stereocenters. The predicted octanol–water partition coefficient (Wildman–Crippen LogP) is 5.06. The van der Waals surface area contributed by atoms with Crippen LogP contribution in [-0.4, -0.2) is 0 Å². The van der Waals surface area contributed by atoms with Crippen LogP contribution >= 0.6 is 24.8 Å². The van der Waals surface area contributed by atoms with Crippen LogP contribution in [0.1, 0.15) is 23.1 Å². The Balaban J connectivity index is 0.000000960. The number of hydrogen-bond donors (Lipinski definition) is 0. The van der Waals surface area contributed by atoms with Gasteiger partial charge in [-0.2, -0.15) is 0 Å². The van der Waals surface area contributed by atoms with E-state index in [2.05, 4.69) is 87.2 Å². The van der Waals surface area contributed by atoms with Gasteiger partial charge in [-0.15, -0.1) is 24.8 Å². The molecule has 0 N–H and O–H groups in total. The maximum atomic E-state index is 2.36. The molecule has 0 saturated heterocycles. The zero-order chi connectivity index (χ0) is 14.2. The molecule has 23 heavy (non-hydrogen) atoms. The molecule has 0 radical (unpaired) electrons. The molecule has 0 spiro atoms. The van der Waals surface area contributed by atoms with E-state index in [1.54, 1.807) is 0 Å². The van der Waals surface area contributed by atoms with E-state index in [9.17, 15) is 0 Å². The third-order valence-electron chi connectivity index (χ3n) is 4.32. The van der Waals surface area contributed by atoms with Gasteiger partial charge in [0.25, 0.3) is 0 Å². The van der Waals surface area contributed by atoms with Gasteiger partial charge in [0.2, 0.25) is 0 Å². The Morgan fingerprint density at radius 3 is 2.17 bits per heavy atom. The molecule has 2 aliphatic rings. The normalized spacial score (nSPS) is 14.8. The van der Waals surface area contributed by atoms with Crippen LogP contribution < -0.4 is 3.87 Å². The van der Waals surface area contributed by atoms with Gasteiger partial charge in [0.05, 0.1) is 0 Å². The van der Waals surface area contributed by atoms with Crippen LogP contribution in [0, 0.1) is 0 Å². The van der Waals surface area contributed by atoms with Gasteiger partial charge in [-0.3, -0.25) is 0 Å². The van der Waals surface area contributed by atoms with Gasteiger partial charge in [0, 0.05) is 0 Å². The van der Waals surface area contributed by atoms with Gasteiger partial charge in [-0.05, 0) is 0 Å². The van der Waals surface area contributed by atoms with Gasteiger partial charge >= 0.3 is 137 Å². The molecule has 0 heterocycles. The van der Waals surface area contributed by atoms with Gasteiger partial charge in [-0.25, -0.2) is 0 Å². The van der Waals surface area contributed by atoms with Crippen molar-refractivity contribution in [1.29, 1.82) is 0 Å². The van der Waals surface area contributed by atoms with Crippen LogP contribution in [0.3, 0.4) is 0 Å². The molecule has 0 unspecified atom stereocenters. The van der Waals surface area contributed by atoms with Gasteiger partial charge < -0.3 is 0 Å². The average molecular weight is 376 g/mol. The fourth-order valence-corrected chi connectivity index (χ4v) is 3.71. The van der Waals surface area contributed by atoms with E-state index in [0.717, 1.165) is 12.8 Å². The molecule has 0 nitrogen and oxygen atoms in total. The Kier molecular flexibility index (Phi) is 6.11. The number of rotatable bonds is 2. The predicted molar refractivity (Wildman–Crippen MR) is 99.4 cm³/mol. The summed E-state index contributed by atoms with van der Waals surface area (Å²) >= 11 is 2.19. The molecular formula is C20H17Cl2Ti. The minimum absolute atomic E-state index is 0. The molecule has 0 bridgehead atoms. The SMILES string of the molecule is Cl.Cl.[Ti][c]1ccccc1C1=CC=C(C2=Cc3ccccc3C2)C1. The first-order chi connectivity index (χ1) is 10.3. The summed E-state index contributed by atoms with van der Waals surface area (Å²) in [7, 11) is 0. The monoisotopic (exact) mass is 375 g/mol. The van der Waals surface area contributed by atoms with E-state index in [-0.39, 0.29) is 24.8 Å². The fourth-order valence-electron chi connectivity index (χ4n) is 3.18. The van der Waals surface area contributed by atoms with Gasteiger partial charge in [-0.1, -0.05) is 0 Å². The van der Waals surface area contributed by atoms with Gasteiger partial charge in [0.15, 0.2) is 0 Å². The summed E-state index contributed by atoms with van der Waals surface area (Å²) in [6.45, 7) is 0. The Bertz CT molecular complexity index is 816. The van der Waals surface area contributed by atoms with Crippen molar-refractivity contribution in [2.24, 2.45) is 0 Å². The number of allylic oxidation sites excluding steroid dienone is 5. The first-order valence-electron chi connectivity index (χ1n) is 7.31. The van der Waals surface area contributed by atoms with Crippen molar-refractivity contribution in [2.75, 3.05) is 0 Å². The molecule has 2 aliphatic carbocycles. The van der Waals surface area contributed by atoms with Crippen LogP contribution in [0.25, 0.3) is 11.6 Å². The number of hydrogen-bond acceptors (Lipinski definition) is 0. The molecule has 2 aromatic carbocycles. The summed E-state index contributed by atoms with van der Waals surface area (Å²) in [6, 6.07) is 17.4. The van der Waals surface area contributed by atoms with E-state index in [1.165, 1.54) is 37.3 Å². The summed E-state index contributed by atoms with van der Waals surface area (Å²) in [4.78, 5) is 0. The summed E-state index contributed by atoms with van der Waals surface area (Å²) in [5, 5.41) is 0. The molecule has 2 aromatic rings. The van der Waals surface area contributed by atoms with Crippen LogP contribution in [-0.2, 0) is 26.9 Å². The molecule has 0 aliphatic heterocycles. The quantitative estimate of drug-likeness (QED) is 0.644. The van der Waals surface area contributed by atoms with Crippen LogP contribution in [0.2, 0.25) is 0 Å². The zero-order valence-corrected chi connectivity index (χ0v) is 15.8. The third-order valence-corrected chi connectivity index (χ3v) is 5.00. The second-order valence-corrected chi connectivity index (χ2v) is 6.49. The second-order valence-electron chi connectivity index (χ2n) is 5.65. The van der Waals surface area contributed by atoms with E-state index < -0.39 is 0 Å². The van der Waals surface area contributed by atoms with Crippen molar-refractivity contribution in [2.45, 2.75) is 12.8 Å².